The number of thiophene rings is 1. The van der Waals surface area contributed by atoms with Crippen LogP contribution in [-0.2, 0) is 4.74 Å². The number of rotatable bonds is 6. The van der Waals surface area contributed by atoms with Gasteiger partial charge in [0.1, 0.15) is 11.5 Å². The molecular formula is C20H18Cl2N2O3S. The van der Waals surface area contributed by atoms with Gasteiger partial charge in [-0.3, -0.25) is 10.1 Å². The maximum Gasteiger partial charge on any atom is 0.411 e. The minimum Gasteiger partial charge on any atom is -0.447 e. The summed E-state index contributed by atoms with van der Waals surface area (Å²) in [4.78, 5) is 25.0. The third kappa shape index (κ3) is 4.95. The van der Waals surface area contributed by atoms with E-state index in [0.29, 0.717) is 27.0 Å². The Hall–Kier alpha value is -2.28. The molecule has 0 aliphatic carbocycles. The molecule has 2 amide bonds. The van der Waals surface area contributed by atoms with Crippen LogP contribution in [0.15, 0.2) is 48.5 Å². The molecule has 28 heavy (non-hydrogen) atoms. The first-order valence-corrected chi connectivity index (χ1v) is 10.2. The number of halogens is 2. The van der Waals surface area contributed by atoms with Gasteiger partial charge >= 0.3 is 6.09 Å². The fraction of sp³-hybridized carbons (Fsp3) is 0.200. The lowest BCUT2D eigenvalue weighted by Gasteiger charge is -2.17. The van der Waals surface area contributed by atoms with Crippen LogP contribution in [0.25, 0.3) is 10.1 Å². The molecule has 0 saturated carbocycles. The molecule has 0 saturated heterocycles. The van der Waals surface area contributed by atoms with Crippen LogP contribution < -0.4 is 10.6 Å². The molecule has 146 valence electrons. The van der Waals surface area contributed by atoms with Crippen LogP contribution in [0.3, 0.4) is 0 Å². The number of carbonyl (C=O) groups is 2. The van der Waals surface area contributed by atoms with Crippen molar-refractivity contribution in [3.8, 4) is 0 Å². The highest BCUT2D eigenvalue weighted by molar-refractivity contribution is 7.21. The number of carbonyl (C=O) groups excluding carboxylic acids is 2. The fourth-order valence-electron chi connectivity index (χ4n) is 2.57. The number of hydrogen-bond donors (Lipinski definition) is 2. The summed E-state index contributed by atoms with van der Waals surface area (Å²) < 4.78 is 6.17. The largest absolute Gasteiger partial charge is 0.447 e. The summed E-state index contributed by atoms with van der Waals surface area (Å²) in [5, 5.41) is 7.27. The Morgan fingerprint density at radius 1 is 1.14 bits per heavy atom. The van der Waals surface area contributed by atoms with Crippen LogP contribution in [0.2, 0.25) is 10.0 Å². The molecule has 0 aliphatic heterocycles. The maximum absolute atomic E-state index is 12.6. The topological polar surface area (TPSA) is 67.4 Å². The average molecular weight is 437 g/mol. The van der Waals surface area contributed by atoms with Crippen molar-refractivity contribution in [3.63, 3.8) is 0 Å². The van der Waals surface area contributed by atoms with Crippen molar-refractivity contribution in [1.29, 1.82) is 0 Å². The van der Waals surface area contributed by atoms with Crippen molar-refractivity contribution in [3.05, 3.63) is 63.5 Å². The number of amides is 2. The summed E-state index contributed by atoms with van der Waals surface area (Å²) in [6.07, 6.45) is -0.0199. The molecule has 3 aromatic rings. The predicted molar refractivity (Wildman–Crippen MR) is 115 cm³/mol. The number of nitrogens with one attached hydrogen (secondary N) is 2. The molecular weight excluding hydrogens is 419 g/mol. The van der Waals surface area contributed by atoms with Gasteiger partial charge in [-0.15, -0.1) is 11.3 Å². The highest BCUT2D eigenvalue weighted by Crippen LogP contribution is 2.35. The molecule has 2 aromatic carbocycles. The van der Waals surface area contributed by atoms with Crippen molar-refractivity contribution in [2.75, 3.05) is 11.9 Å². The van der Waals surface area contributed by atoms with Crippen molar-refractivity contribution < 1.29 is 14.3 Å². The van der Waals surface area contributed by atoms with Crippen LogP contribution in [0, 0.1) is 0 Å². The van der Waals surface area contributed by atoms with E-state index in [9.17, 15) is 9.59 Å². The summed E-state index contributed by atoms with van der Waals surface area (Å²) in [6, 6.07) is 14.0. The number of ether oxygens (including phenoxy) is 1. The van der Waals surface area contributed by atoms with Crippen molar-refractivity contribution >= 4 is 62.3 Å². The highest BCUT2D eigenvalue weighted by atomic mass is 35.5. The SMILES string of the molecule is CCC(COC(=O)Nc1cccc(Cl)c1)NC(=O)c1sc2ccccc2c1Cl. The van der Waals surface area contributed by atoms with Gasteiger partial charge in [-0.25, -0.2) is 4.79 Å². The van der Waals surface area contributed by atoms with Crippen LogP contribution in [0.5, 0.6) is 0 Å². The van der Waals surface area contributed by atoms with E-state index < -0.39 is 6.09 Å². The van der Waals surface area contributed by atoms with E-state index in [0.717, 1.165) is 10.1 Å². The van der Waals surface area contributed by atoms with E-state index in [1.54, 1.807) is 24.3 Å². The third-order valence-electron chi connectivity index (χ3n) is 4.06. The summed E-state index contributed by atoms with van der Waals surface area (Å²) in [5.74, 6) is -0.281. The lowest BCUT2D eigenvalue weighted by molar-refractivity contribution is 0.0904. The summed E-state index contributed by atoms with van der Waals surface area (Å²) in [5.41, 5.74) is 0.534. The molecule has 3 rings (SSSR count). The molecule has 1 atom stereocenters. The Bertz CT molecular complexity index is 1010. The third-order valence-corrected chi connectivity index (χ3v) is 5.97. The standard InChI is InChI=1S/C20H18Cl2N2O3S/c1-2-13(11-27-20(26)24-14-7-5-6-12(21)10-14)23-19(25)18-17(22)15-8-3-4-9-16(15)28-18/h3-10,13H,2,11H2,1H3,(H,23,25)(H,24,26). The molecule has 1 aromatic heterocycles. The van der Waals surface area contributed by atoms with Crippen LogP contribution >= 0.6 is 34.5 Å². The van der Waals surface area contributed by atoms with E-state index in [2.05, 4.69) is 10.6 Å². The van der Waals surface area contributed by atoms with E-state index in [1.165, 1.54) is 11.3 Å². The zero-order valence-corrected chi connectivity index (χ0v) is 17.3. The molecule has 5 nitrogen and oxygen atoms in total. The molecule has 1 unspecified atom stereocenters. The fourth-order valence-corrected chi connectivity index (χ4v) is 4.18. The second-order valence-electron chi connectivity index (χ2n) is 6.05. The summed E-state index contributed by atoms with van der Waals surface area (Å²) in [7, 11) is 0. The van der Waals surface area contributed by atoms with Gasteiger partial charge in [0.15, 0.2) is 0 Å². The van der Waals surface area contributed by atoms with Gasteiger partial charge < -0.3 is 10.1 Å². The van der Waals surface area contributed by atoms with E-state index in [-0.39, 0.29) is 18.6 Å². The van der Waals surface area contributed by atoms with E-state index in [1.807, 2.05) is 31.2 Å². The van der Waals surface area contributed by atoms with Crippen LogP contribution in [-0.4, -0.2) is 24.6 Å². The van der Waals surface area contributed by atoms with Crippen molar-refractivity contribution in [2.45, 2.75) is 19.4 Å². The quantitative estimate of drug-likeness (QED) is 0.500. The molecule has 0 radical (unpaired) electrons. The van der Waals surface area contributed by atoms with Gasteiger partial charge in [-0.2, -0.15) is 0 Å². The predicted octanol–water partition coefficient (Wildman–Crippen LogP) is 5.97. The normalized spacial score (nSPS) is 11.8. The smallest absolute Gasteiger partial charge is 0.411 e. The molecule has 0 aliphatic rings. The Kier molecular flexibility index (Phi) is 6.78. The average Bonchev–Trinajstić information content (AvgIpc) is 3.02. The monoisotopic (exact) mass is 436 g/mol. The number of hydrogen-bond acceptors (Lipinski definition) is 4. The Morgan fingerprint density at radius 3 is 2.64 bits per heavy atom. The first-order chi connectivity index (χ1) is 13.5. The van der Waals surface area contributed by atoms with Gasteiger partial charge in [0.2, 0.25) is 0 Å². The van der Waals surface area contributed by atoms with Gasteiger partial charge in [-0.05, 0) is 30.7 Å². The minimum atomic E-state index is -0.616. The Labute approximate surface area is 176 Å². The summed E-state index contributed by atoms with van der Waals surface area (Å²) >= 11 is 13.6. The Morgan fingerprint density at radius 2 is 1.93 bits per heavy atom. The minimum absolute atomic E-state index is 0.0388. The van der Waals surface area contributed by atoms with Gasteiger partial charge in [0.25, 0.3) is 5.91 Å². The maximum atomic E-state index is 12.6. The Balaban J connectivity index is 1.58. The van der Waals surface area contributed by atoms with Crippen molar-refractivity contribution in [2.24, 2.45) is 0 Å². The van der Waals surface area contributed by atoms with E-state index in [4.69, 9.17) is 27.9 Å². The first kappa shape index (κ1) is 20.5. The molecule has 1 heterocycles. The van der Waals surface area contributed by atoms with Crippen molar-refractivity contribution in [1.82, 2.24) is 5.32 Å². The van der Waals surface area contributed by atoms with Gasteiger partial charge in [-0.1, -0.05) is 54.4 Å². The van der Waals surface area contributed by atoms with Gasteiger partial charge in [0, 0.05) is 20.8 Å². The zero-order chi connectivity index (χ0) is 20.1. The molecule has 2 N–H and O–H groups in total. The number of fused-ring (bicyclic) bond motifs is 1. The summed E-state index contributed by atoms with van der Waals surface area (Å²) in [6.45, 7) is 1.94. The molecule has 0 bridgehead atoms. The lowest BCUT2D eigenvalue weighted by Crippen LogP contribution is -2.38. The first-order valence-electron chi connectivity index (χ1n) is 8.65. The lowest BCUT2D eigenvalue weighted by atomic mass is 10.2. The van der Waals surface area contributed by atoms with Gasteiger partial charge in [0.05, 0.1) is 11.1 Å². The highest BCUT2D eigenvalue weighted by Gasteiger charge is 2.20. The van der Waals surface area contributed by atoms with Crippen LogP contribution in [0.1, 0.15) is 23.0 Å². The molecule has 0 fully saturated rings. The zero-order valence-electron chi connectivity index (χ0n) is 15.0. The second-order valence-corrected chi connectivity index (χ2v) is 7.92. The van der Waals surface area contributed by atoms with Crippen LogP contribution in [0.4, 0.5) is 10.5 Å². The molecule has 0 spiro atoms. The second kappa shape index (κ2) is 9.28. The number of anilines is 1. The molecule has 8 heteroatoms. The number of benzene rings is 2. The van der Waals surface area contributed by atoms with E-state index >= 15 is 0 Å².